The summed E-state index contributed by atoms with van der Waals surface area (Å²) in [5, 5.41) is 5.22. The zero-order valence-electron chi connectivity index (χ0n) is 15.2. The third-order valence-electron chi connectivity index (χ3n) is 3.28. The molecule has 2 aromatic rings. The van der Waals surface area contributed by atoms with Gasteiger partial charge in [0.1, 0.15) is 0 Å². The molecule has 0 aromatic heterocycles. The number of amides is 2. The van der Waals surface area contributed by atoms with Gasteiger partial charge < -0.3 is 23.3 Å². The van der Waals surface area contributed by atoms with Crippen molar-refractivity contribution in [2.75, 3.05) is 23.8 Å². The Labute approximate surface area is 147 Å². The molecule has 0 saturated heterocycles. The zero-order chi connectivity index (χ0) is 18.1. The monoisotopic (exact) mass is 874 g/mol. The van der Waals surface area contributed by atoms with Gasteiger partial charge in [-0.05, 0) is 55.0 Å². The maximum atomic E-state index is 11.3. The molecule has 6 nitrogen and oxygen atoms in total. The molecule has 136 valence electrons. The molecule has 8 heteroatoms. The van der Waals surface area contributed by atoms with Gasteiger partial charge in [0.05, 0.1) is 0 Å². The summed E-state index contributed by atoms with van der Waals surface area (Å²) in [6, 6.07) is 15.0. The number of nitrogens with one attached hydrogen (secondary N) is 2. The van der Waals surface area contributed by atoms with E-state index in [4.69, 9.17) is 9.47 Å². The molecule has 2 N–H and O–H groups in total. The Kier molecular flexibility index (Phi) is 8.71. The molecular weight excluding hydrogens is 854 g/mol. The first-order valence-corrected chi connectivity index (χ1v) is 7.74. The first-order valence-electron chi connectivity index (χ1n) is 7.74. The van der Waals surface area contributed by atoms with E-state index in [9.17, 15) is 9.59 Å². The topological polar surface area (TPSA) is 76.7 Å². The molecule has 0 unspecified atom stereocenters. The molecule has 0 aliphatic carbocycles. The van der Waals surface area contributed by atoms with Crippen LogP contribution in [0.4, 0.5) is 21.0 Å². The summed E-state index contributed by atoms with van der Waals surface area (Å²) < 4.78 is 9.44. The molecule has 0 heterocycles. The van der Waals surface area contributed by atoms with Crippen molar-refractivity contribution in [3.8, 4) is 0 Å². The largest absolute Gasteiger partial charge is 0.482 e. The molecule has 0 aliphatic rings. The van der Waals surface area contributed by atoms with E-state index in [0.29, 0.717) is 11.4 Å². The Morgan fingerprint density at radius 1 is 0.704 bits per heavy atom. The van der Waals surface area contributed by atoms with E-state index in [2.05, 4.69) is 24.5 Å². The van der Waals surface area contributed by atoms with Crippen molar-refractivity contribution in [1.82, 2.24) is 0 Å². The van der Waals surface area contributed by atoms with Crippen LogP contribution in [0.15, 0.2) is 48.5 Å². The molecule has 27 heavy (non-hydrogen) atoms. The van der Waals surface area contributed by atoms with Gasteiger partial charge in [-0.15, -0.1) is 0 Å². The fourth-order valence-electron chi connectivity index (χ4n) is 2.14. The Morgan fingerprint density at radius 3 is 1.33 bits per heavy atom. The summed E-state index contributed by atoms with van der Waals surface area (Å²) in [6.45, 7) is 7.06. The van der Waals surface area contributed by atoms with E-state index in [0.717, 1.165) is 17.5 Å². The van der Waals surface area contributed by atoms with Crippen LogP contribution in [0.5, 0.6) is 0 Å². The van der Waals surface area contributed by atoms with Crippen molar-refractivity contribution in [2.45, 2.75) is 6.42 Å². The van der Waals surface area contributed by atoms with Crippen LogP contribution in [0, 0.1) is 13.8 Å². The number of benzene rings is 2. The number of hydrogen-bond acceptors (Lipinski definition) is 4. The predicted molar refractivity (Wildman–Crippen MR) is 96.3 cm³/mol. The molecule has 0 bridgehead atoms. The average molecular weight is 874 g/mol. The summed E-state index contributed by atoms with van der Waals surface area (Å²) in [5.41, 5.74) is 3.50. The van der Waals surface area contributed by atoms with Crippen LogP contribution in [0.2, 0.25) is 0 Å². The van der Waals surface area contributed by atoms with Crippen LogP contribution in [0.3, 0.4) is 0 Å². The van der Waals surface area contributed by atoms with Crippen LogP contribution in [0.1, 0.15) is 11.1 Å². The molecule has 2 aromatic carbocycles. The van der Waals surface area contributed by atoms with Crippen molar-refractivity contribution in [3.63, 3.8) is 0 Å². The van der Waals surface area contributed by atoms with Crippen LogP contribution in [0.25, 0.3) is 0 Å². The van der Waals surface area contributed by atoms with E-state index in [1.807, 2.05) is 48.5 Å². The standard InChI is InChI=1S/C19H20N2O4.2Rf/c1-3-24-18(22)20-16-9-5-14(6-10-16)13-15-7-11-17(12-8-15)21-19(23)25-4-2;;/h5-12H,1-4,13H2,(H,20,22)(H,21,23);;/q-2;;. The first kappa shape index (κ1) is 22.0. The maximum Gasteiger partial charge on any atom is 0.408 e. The minimum atomic E-state index is -0.525. The Hall–Kier alpha value is -5.02. The molecule has 0 saturated carbocycles. The van der Waals surface area contributed by atoms with E-state index in [-0.39, 0.29) is 13.2 Å². The average Bonchev–Trinajstić information content (AvgIpc) is 2.59. The first-order chi connectivity index (χ1) is 12.1. The third-order valence-corrected chi connectivity index (χ3v) is 3.28. The van der Waals surface area contributed by atoms with Crippen molar-refractivity contribution in [1.29, 1.82) is 0 Å². The SMILES string of the molecule is [CH2-]COC(=O)Nc1ccc(Cc2ccc(NC(=O)OC[CH2-])cc2)cc1.[Rf].[Rf]. The molecule has 0 atom stereocenters. The van der Waals surface area contributed by atoms with E-state index >= 15 is 0 Å². The molecule has 0 radical (unpaired) electrons. The molecule has 2 rings (SSSR count). The maximum absolute atomic E-state index is 11.3. The summed E-state index contributed by atoms with van der Waals surface area (Å²) in [7, 11) is 0. The van der Waals surface area contributed by atoms with Crippen LogP contribution < -0.4 is 10.6 Å². The van der Waals surface area contributed by atoms with Crippen molar-refractivity contribution in [2.24, 2.45) is 0 Å². The summed E-state index contributed by atoms with van der Waals surface area (Å²) >= 11 is 0. The number of carbonyl (C=O) groups excluding carboxylic acids is 2. The van der Waals surface area contributed by atoms with Gasteiger partial charge in [0.15, 0.2) is 0 Å². The Balaban J connectivity index is 0.00000338. The van der Waals surface area contributed by atoms with Crippen molar-refractivity contribution in [3.05, 3.63) is 73.5 Å². The summed E-state index contributed by atoms with van der Waals surface area (Å²) in [5.74, 6) is 0. The number of ether oxygens (including phenoxy) is 2. The molecule has 0 aliphatic heterocycles. The summed E-state index contributed by atoms with van der Waals surface area (Å²) in [6.07, 6.45) is -0.320. The second kappa shape index (κ2) is 10.7. The number of hydrogen-bond donors (Lipinski definition) is 2. The van der Waals surface area contributed by atoms with Gasteiger partial charge in [-0.2, -0.15) is 0 Å². The summed E-state index contributed by atoms with van der Waals surface area (Å²) in [4.78, 5) is 22.6. The van der Waals surface area contributed by atoms with E-state index < -0.39 is 12.2 Å². The van der Waals surface area contributed by atoms with E-state index in [1.165, 1.54) is 0 Å². The van der Waals surface area contributed by atoms with Crippen LogP contribution in [-0.4, -0.2) is 25.4 Å². The second-order valence-electron chi connectivity index (χ2n) is 5.09. The van der Waals surface area contributed by atoms with Crippen molar-refractivity contribution >= 4 is 23.6 Å². The smallest absolute Gasteiger partial charge is 0.408 e. The van der Waals surface area contributed by atoms with Crippen LogP contribution >= 0.6 is 0 Å². The normalized spacial score (nSPS) is 9.26. The van der Waals surface area contributed by atoms with Gasteiger partial charge in [0.25, 0.3) is 0 Å². The van der Waals surface area contributed by atoms with Gasteiger partial charge in [0.2, 0.25) is 0 Å². The minimum absolute atomic E-state index is 0. The fraction of sp³-hybridized carbons (Fsp3) is 0.158. The minimum Gasteiger partial charge on any atom is -0.482 e. The predicted octanol–water partition coefficient (Wildman–Crippen LogP) is 4.04. The zero-order valence-corrected chi connectivity index (χ0v) is 28.0. The number of anilines is 2. The second-order valence-corrected chi connectivity index (χ2v) is 5.09. The fourth-order valence-corrected chi connectivity index (χ4v) is 2.14. The Morgan fingerprint density at radius 2 is 1.04 bits per heavy atom. The van der Waals surface area contributed by atoms with Gasteiger partial charge in [-0.25, -0.2) is 9.59 Å². The number of rotatable bonds is 6. The van der Waals surface area contributed by atoms with Gasteiger partial charge in [-0.1, -0.05) is 24.3 Å². The Bertz CT molecular complexity index is 645. The molecule has 2 amide bonds. The molecular formula is C19H20N2O4Rf2-2. The van der Waals surface area contributed by atoms with Crippen molar-refractivity contribution < 1.29 is 19.1 Å². The van der Waals surface area contributed by atoms with Crippen LogP contribution in [-0.2, 0) is 15.9 Å². The molecule has 0 spiro atoms. The third kappa shape index (κ3) is 6.95. The van der Waals surface area contributed by atoms with Gasteiger partial charge >= 0.3 is 12.2 Å². The quantitative estimate of drug-likeness (QED) is 0.431. The van der Waals surface area contributed by atoms with Gasteiger partial charge in [0, 0.05) is 11.4 Å². The number of carbonyl (C=O) groups is 2. The van der Waals surface area contributed by atoms with E-state index in [1.54, 1.807) is 0 Å². The molecule has 0 fully saturated rings. The van der Waals surface area contributed by atoms with Gasteiger partial charge in [-0.3, -0.25) is 10.6 Å².